The maximum atomic E-state index is 12.8. The van der Waals surface area contributed by atoms with Gasteiger partial charge in [-0.1, -0.05) is 13.3 Å². The fraction of sp³-hybridized carbons (Fsp3) is 1.00. The molecule has 13 heavy (non-hydrogen) atoms. The van der Waals surface area contributed by atoms with Crippen LogP contribution in [0.2, 0.25) is 0 Å². The van der Waals surface area contributed by atoms with Crippen molar-refractivity contribution in [1.29, 1.82) is 0 Å². The van der Waals surface area contributed by atoms with Gasteiger partial charge in [-0.25, -0.2) is 15.1 Å². The highest BCUT2D eigenvalue weighted by Gasteiger charge is 2.54. The quantitative estimate of drug-likeness (QED) is 0.408. The van der Waals surface area contributed by atoms with Crippen molar-refractivity contribution in [2.75, 3.05) is 0 Å². The van der Waals surface area contributed by atoms with Crippen molar-refractivity contribution in [1.82, 2.24) is 0 Å². The summed E-state index contributed by atoms with van der Waals surface area (Å²) in [6.07, 6.45) is -0.266. The van der Waals surface area contributed by atoms with Gasteiger partial charge in [0, 0.05) is 6.42 Å². The Hall–Kier alpha value is -0.0700. The maximum absolute atomic E-state index is 12.8. The predicted molar refractivity (Wildman–Crippen MR) is 39.5 cm³/mol. The van der Waals surface area contributed by atoms with Crippen LogP contribution in [0, 0.1) is 0 Å². The van der Waals surface area contributed by atoms with E-state index < -0.39 is 19.7 Å². The molecule has 0 saturated heterocycles. The highest BCUT2D eigenvalue weighted by Crippen LogP contribution is 2.62. The fourth-order valence-electron chi connectivity index (χ4n) is 0.661. The standard InChI is InChI=1S/C5H11F2O5P/c1-2-3-4-5(6,7)13(10,11-8)12-9/h8-9H,2-4H2,1H3. The van der Waals surface area contributed by atoms with Crippen LogP contribution in [0.5, 0.6) is 0 Å². The van der Waals surface area contributed by atoms with Gasteiger partial charge in [0.2, 0.25) is 0 Å². The summed E-state index contributed by atoms with van der Waals surface area (Å²) in [4.78, 5) is 0. The largest absolute Gasteiger partial charge is 0.452 e. The third-order valence-electron chi connectivity index (χ3n) is 1.45. The topological polar surface area (TPSA) is 76.0 Å². The third-order valence-corrected chi connectivity index (χ3v) is 2.90. The molecule has 80 valence electrons. The Morgan fingerprint density at radius 1 is 1.38 bits per heavy atom. The highest BCUT2D eigenvalue weighted by molar-refractivity contribution is 7.54. The average Bonchev–Trinajstić information content (AvgIpc) is 2.13. The van der Waals surface area contributed by atoms with Crippen LogP contribution in [0.1, 0.15) is 26.2 Å². The summed E-state index contributed by atoms with van der Waals surface area (Å²) in [5.41, 5.74) is -3.88. The second-order valence-electron chi connectivity index (χ2n) is 2.43. The molecule has 0 aromatic heterocycles. The Kier molecular flexibility index (Phi) is 4.95. The van der Waals surface area contributed by atoms with Crippen LogP contribution < -0.4 is 0 Å². The second kappa shape index (κ2) is 4.97. The maximum Gasteiger partial charge on any atom is 0.452 e. The van der Waals surface area contributed by atoms with Gasteiger partial charge in [0.1, 0.15) is 0 Å². The van der Waals surface area contributed by atoms with Crippen LogP contribution in [0.4, 0.5) is 8.78 Å². The van der Waals surface area contributed by atoms with Gasteiger partial charge in [0.15, 0.2) is 0 Å². The highest BCUT2D eigenvalue weighted by atomic mass is 31.2. The lowest BCUT2D eigenvalue weighted by Crippen LogP contribution is -2.18. The molecule has 0 aliphatic carbocycles. The smallest absolute Gasteiger partial charge is 0.248 e. The minimum absolute atomic E-state index is 0.0731. The van der Waals surface area contributed by atoms with Crippen LogP contribution in [0.25, 0.3) is 0 Å². The van der Waals surface area contributed by atoms with E-state index in [4.69, 9.17) is 10.5 Å². The molecule has 2 N–H and O–H groups in total. The molecule has 0 aromatic carbocycles. The van der Waals surface area contributed by atoms with E-state index in [1.165, 1.54) is 0 Å². The number of alkyl halides is 2. The van der Waals surface area contributed by atoms with E-state index in [2.05, 4.69) is 9.35 Å². The van der Waals surface area contributed by atoms with Crippen molar-refractivity contribution in [3.8, 4) is 0 Å². The van der Waals surface area contributed by atoms with Crippen molar-refractivity contribution in [3.05, 3.63) is 0 Å². The second-order valence-corrected chi connectivity index (χ2v) is 4.41. The minimum Gasteiger partial charge on any atom is -0.248 e. The van der Waals surface area contributed by atoms with E-state index in [1.807, 2.05) is 0 Å². The van der Waals surface area contributed by atoms with Crippen LogP contribution >= 0.6 is 7.60 Å². The summed E-state index contributed by atoms with van der Waals surface area (Å²) in [7, 11) is -5.14. The van der Waals surface area contributed by atoms with Crippen molar-refractivity contribution in [2.24, 2.45) is 0 Å². The first-order chi connectivity index (χ1) is 5.93. The number of hydrogen-bond donors (Lipinski definition) is 2. The van der Waals surface area contributed by atoms with Crippen molar-refractivity contribution in [3.63, 3.8) is 0 Å². The summed E-state index contributed by atoms with van der Waals surface area (Å²) in [6, 6.07) is 0. The Bertz CT molecular complexity index is 189. The molecule has 0 unspecified atom stereocenters. The molecule has 5 nitrogen and oxygen atoms in total. The van der Waals surface area contributed by atoms with Crippen LogP contribution in [0.15, 0.2) is 0 Å². The normalized spacial score (nSPS) is 13.3. The van der Waals surface area contributed by atoms with Gasteiger partial charge in [0.05, 0.1) is 0 Å². The molecule has 0 aliphatic heterocycles. The lowest BCUT2D eigenvalue weighted by molar-refractivity contribution is -0.224. The van der Waals surface area contributed by atoms with Gasteiger partial charge in [-0.15, -0.1) is 9.35 Å². The van der Waals surface area contributed by atoms with Crippen molar-refractivity contribution in [2.45, 2.75) is 31.8 Å². The molecule has 8 heteroatoms. The summed E-state index contributed by atoms with van der Waals surface area (Å²) in [5, 5.41) is 15.8. The van der Waals surface area contributed by atoms with E-state index in [0.717, 1.165) is 0 Å². The molecule has 0 amide bonds. The fourth-order valence-corrected chi connectivity index (χ4v) is 1.36. The lowest BCUT2D eigenvalue weighted by Gasteiger charge is -2.20. The Labute approximate surface area is 73.7 Å². The molecular formula is C5H11F2O5P. The molecule has 0 bridgehead atoms. The first-order valence-corrected chi connectivity index (χ1v) is 5.12. The van der Waals surface area contributed by atoms with Crippen LogP contribution in [-0.2, 0) is 13.9 Å². The molecule has 0 saturated carbocycles. The van der Waals surface area contributed by atoms with E-state index in [-0.39, 0.29) is 6.42 Å². The zero-order valence-corrected chi connectivity index (χ0v) is 7.84. The zero-order chi connectivity index (χ0) is 10.5. The molecule has 0 aliphatic rings. The number of rotatable bonds is 6. The van der Waals surface area contributed by atoms with Gasteiger partial charge in [-0.05, 0) is 6.42 Å². The van der Waals surface area contributed by atoms with Crippen LogP contribution in [-0.4, -0.2) is 16.2 Å². The van der Waals surface area contributed by atoms with Gasteiger partial charge in [0.25, 0.3) is 0 Å². The molecule has 0 aromatic rings. The van der Waals surface area contributed by atoms with E-state index in [0.29, 0.717) is 6.42 Å². The van der Waals surface area contributed by atoms with Gasteiger partial charge in [-0.3, -0.25) is 0 Å². The van der Waals surface area contributed by atoms with Gasteiger partial charge in [-0.2, -0.15) is 8.78 Å². The molecular weight excluding hydrogens is 209 g/mol. The van der Waals surface area contributed by atoms with Crippen molar-refractivity contribution < 1.29 is 33.2 Å². The Morgan fingerprint density at radius 2 is 1.85 bits per heavy atom. The van der Waals surface area contributed by atoms with Gasteiger partial charge >= 0.3 is 13.3 Å². The third kappa shape index (κ3) is 2.96. The van der Waals surface area contributed by atoms with E-state index in [1.54, 1.807) is 6.92 Å². The Balaban J connectivity index is 4.48. The molecule has 0 atom stereocenters. The SMILES string of the molecule is CCCCC(F)(F)P(=O)(OO)OO. The summed E-state index contributed by atoms with van der Waals surface area (Å²) in [5.74, 6) is 0. The molecule has 0 heterocycles. The number of unbranched alkanes of at least 4 members (excludes halogenated alkanes) is 1. The first kappa shape index (κ1) is 12.9. The number of halogens is 2. The molecule has 0 rings (SSSR count). The van der Waals surface area contributed by atoms with Crippen LogP contribution in [0.3, 0.4) is 0 Å². The summed E-state index contributed by atoms with van der Waals surface area (Å²) < 4.78 is 42.4. The number of hydrogen-bond acceptors (Lipinski definition) is 5. The summed E-state index contributed by atoms with van der Waals surface area (Å²) in [6.45, 7) is 1.65. The van der Waals surface area contributed by atoms with Gasteiger partial charge < -0.3 is 0 Å². The summed E-state index contributed by atoms with van der Waals surface area (Å²) >= 11 is 0. The first-order valence-electron chi connectivity index (χ1n) is 3.58. The van der Waals surface area contributed by atoms with Crippen molar-refractivity contribution >= 4 is 7.60 Å². The predicted octanol–water partition coefficient (Wildman–Crippen LogP) is 2.94. The lowest BCUT2D eigenvalue weighted by atomic mass is 10.3. The minimum atomic E-state index is -5.14. The van der Waals surface area contributed by atoms with E-state index in [9.17, 15) is 13.3 Å². The zero-order valence-electron chi connectivity index (χ0n) is 6.94. The monoisotopic (exact) mass is 220 g/mol. The average molecular weight is 220 g/mol. The Morgan fingerprint density at radius 3 is 2.15 bits per heavy atom. The molecule has 0 fully saturated rings. The molecule has 0 spiro atoms. The van der Waals surface area contributed by atoms with E-state index >= 15 is 0 Å². The molecule has 0 radical (unpaired) electrons.